The van der Waals surface area contributed by atoms with Crippen molar-refractivity contribution in [2.75, 3.05) is 26.8 Å². The Balaban J connectivity index is 1.58. The van der Waals surface area contributed by atoms with Crippen molar-refractivity contribution in [3.63, 3.8) is 0 Å². The predicted molar refractivity (Wildman–Crippen MR) is 119 cm³/mol. The quantitative estimate of drug-likeness (QED) is 0.608. The normalized spacial score (nSPS) is 15.4. The van der Waals surface area contributed by atoms with E-state index in [0.29, 0.717) is 30.4 Å². The highest BCUT2D eigenvalue weighted by Gasteiger charge is 2.30. The Morgan fingerprint density at radius 2 is 2.00 bits per heavy atom. The molecule has 0 spiro atoms. The molecule has 1 N–H and O–H groups in total. The summed E-state index contributed by atoms with van der Waals surface area (Å²) < 4.78 is 25.4. The van der Waals surface area contributed by atoms with Gasteiger partial charge in [0.1, 0.15) is 5.82 Å². The third kappa shape index (κ3) is 4.27. The van der Waals surface area contributed by atoms with Gasteiger partial charge in [-0.05, 0) is 17.2 Å². The number of carbonyl (C=O) groups excluding carboxylic acids is 1. The zero-order valence-corrected chi connectivity index (χ0v) is 18.3. The molecule has 2 heterocycles. The zero-order valence-electron chi connectivity index (χ0n) is 18.3. The minimum Gasteiger partial charge on any atom is -0.383 e. The molecular weight excluding hydrogens is 411 g/mol. The lowest BCUT2D eigenvalue weighted by molar-refractivity contribution is -0.125. The molecule has 8 heteroatoms. The number of amides is 1. The highest BCUT2D eigenvalue weighted by molar-refractivity contribution is 6.05. The number of methoxy groups -OCH3 is 1. The lowest BCUT2D eigenvalue weighted by atomic mass is 9.81. The summed E-state index contributed by atoms with van der Waals surface area (Å²) in [4.78, 5) is 17.9. The first kappa shape index (κ1) is 21.7. The van der Waals surface area contributed by atoms with E-state index in [0.717, 1.165) is 11.1 Å². The third-order valence-corrected chi connectivity index (χ3v) is 5.60. The molecule has 1 aliphatic heterocycles. The Hall–Kier alpha value is -3.52. The highest BCUT2D eigenvalue weighted by Crippen LogP contribution is 2.35. The summed E-state index contributed by atoms with van der Waals surface area (Å²) in [6, 6.07) is 16.3. The maximum absolute atomic E-state index is 14.9. The first-order chi connectivity index (χ1) is 15.4. The smallest absolute Gasteiger partial charge is 0.253 e. The molecule has 0 atom stereocenters. The number of carbonyl (C=O) groups is 1. The number of aromatic nitrogens is 1. The summed E-state index contributed by atoms with van der Waals surface area (Å²) >= 11 is 0. The van der Waals surface area contributed by atoms with Crippen LogP contribution in [0.4, 0.5) is 10.3 Å². The first-order valence-corrected chi connectivity index (χ1v) is 10.3. The number of nitrogens with zero attached hydrogens (tertiary/aromatic N) is 3. The minimum atomic E-state index is -0.618. The van der Waals surface area contributed by atoms with E-state index in [4.69, 9.17) is 9.26 Å². The van der Waals surface area contributed by atoms with E-state index in [2.05, 4.69) is 15.5 Å². The molecule has 3 aromatic rings. The van der Waals surface area contributed by atoms with Crippen LogP contribution in [0.1, 0.15) is 25.1 Å². The van der Waals surface area contributed by atoms with Crippen LogP contribution in [0.3, 0.4) is 0 Å². The summed E-state index contributed by atoms with van der Waals surface area (Å²) in [6.45, 7) is 4.84. The Bertz CT molecular complexity index is 1140. The van der Waals surface area contributed by atoms with Crippen molar-refractivity contribution in [1.29, 1.82) is 0 Å². The average Bonchev–Trinajstić information content (AvgIpc) is 3.40. The summed E-state index contributed by atoms with van der Waals surface area (Å²) in [5, 5.41) is 7.12. The van der Waals surface area contributed by atoms with E-state index in [1.54, 1.807) is 19.2 Å². The first-order valence-electron chi connectivity index (χ1n) is 10.3. The Morgan fingerprint density at radius 3 is 2.72 bits per heavy atom. The van der Waals surface area contributed by atoms with Crippen LogP contribution in [0, 0.1) is 5.82 Å². The molecule has 32 heavy (non-hydrogen) atoms. The van der Waals surface area contributed by atoms with Crippen molar-refractivity contribution in [3.05, 3.63) is 71.7 Å². The molecule has 7 nitrogen and oxygen atoms in total. The van der Waals surface area contributed by atoms with E-state index in [-0.39, 0.29) is 24.2 Å². The van der Waals surface area contributed by atoms with Gasteiger partial charge in [0.25, 0.3) is 5.88 Å². The molecule has 1 aromatic heterocycles. The number of ether oxygens (including phenoxy) is 1. The maximum atomic E-state index is 14.9. The van der Waals surface area contributed by atoms with Gasteiger partial charge in [0.05, 0.1) is 25.4 Å². The van der Waals surface area contributed by atoms with Crippen LogP contribution in [0.25, 0.3) is 11.1 Å². The van der Waals surface area contributed by atoms with E-state index >= 15 is 0 Å². The fraction of sp³-hybridized carbons (Fsp3) is 0.292. The SMILES string of the molecule is COCCN1C(=O)CNC1=Nc1cc(C(C)(C)c2ccc(-c3ccccc3)c(F)c2)no1. The molecule has 166 valence electrons. The van der Waals surface area contributed by atoms with Crippen LogP contribution in [0.2, 0.25) is 0 Å². The van der Waals surface area contributed by atoms with Crippen LogP contribution < -0.4 is 5.32 Å². The van der Waals surface area contributed by atoms with Crippen LogP contribution in [-0.4, -0.2) is 48.7 Å². The van der Waals surface area contributed by atoms with Crippen LogP contribution in [0.5, 0.6) is 0 Å². The fourth-order valence-corrected chi connectivity index (χ4v) is 3.60. The largest absolute Gasteiger partial charge is 0.383 e. The zero-order chi connectivity index (χ0) is 22.7. The summed E-state index contributed by atoms with van der Waals surface area (Å²) in [5.41, 5.74) is 2.12. The molecule has 1 fully saturated rings. The molecule has 1 aliphatic rings. The summed E-state index contributed by atoms with van der Waals surface area (Å²) in [5.74, 6) is 0.267. The van der Waals surface area contributed by atoms with Crippen molar-refractivity contribution < 1.29 is 18.4 Å². The monoisotopic (exact) mass is 436 g/mol. The second kappa shape index (κ2) is 8.92. The second-order valence-electron chi connectivity index (χ2n) is 8.06. The van der Waals surface area contributed by atoms with Crippen LogP contribution in [0.15, 0.2) is 64.1 Å². The number of nitrogens with one attached hydrogen (secondary N) is 1. The van der Waals surface area contributed by atoms with Gasteiger partial charge < -0.3 is 14.6 Å². The highest BCUT2D eigenvalue weighted by atomic mass is 19.1. The fourth-order valence-electron chi connectivity index (χ4n) is 3.60. The van der Waals surface area contributed by atoms with Crippen molar-refractivity contribution in [3.8, 4) is 11.1 Å². The number of halogens is 1. The molecule has 0 saturated carbocycles. The maximum Gasteiger partial charge on any atom is 0.253 e. The molecule has 1 amide bonds. The van der Waals surface area contributed by atoms with Crippen LogP contribution >= 0.6 is 0 Å². The number of hydrogen-bond acceptors (Lipinski definition) is 5. The van der Waals surface area contributed by atoms with Crippen molar-refractivity contribution in [2.24, 2.45) is 4.99 Å². The van der Waals surface area contributed by atoms with Crippen LogP contribution in [-0.2, 0) is 14.9 Å². The van der Waals surface area contributed by atoms with Gasteiger partial charge in [-0.2, -0.15) is 4.99 Å². The Morgan fingerprint density at radius 1 is 1.22 bits per heavy atom. The lowest BCUT2D eigenvalue weighted by Gasteiger charge is -2.23. The number of rotatable bonds is 7. The number of aliphatic imine (C=N–C) groups is 1. The molecular formula is C24H25FN4O3. The topological polar surface area (TPSA) is 80.0 Å². The molecule has 0 radical (unpaired) electrons. The molecule has 4 rings (SSSR count). The van der Waals surface area contributed by atoms with Gasteiger partial charge in [-0.25, -0.2) is 4.39 Å². The van der Waals surface area contributed by atoms with E-state index in [9.17, 15) is 9.18 Å². The van der Waals surface area contributed by atoms with E-state index in [1.165, 1.54) is 11.0 Å². The second-order valence-corrected chi connectivity index (χ2v) is 8.06. The molecule has 0 bridgehead atoms. The van der Waals surface area contributed by atoms with Gasteiger partial charge >= 0.3 is 0 Å². The van der Waals surface area contributed by atoms with Gasteiger partial charge in [0, 0.05) is 24.2 Å². The van der Waals surface area contributed by atoms with E-state index in [1.807, 2.05) is 50.2 Å². The van der Waals surface area contributed by atoms with Crippen molar-refractivity contribution in [1.82, 2.24) is 15.4 Å². The van der Waals surface area contributed by atoms with Crippen molar-refractivity contribution in [2.45, 2.75) is 19.3 Å². The Kier molecular flexibility index (Phi) is 6.05. The van der Waals surface area contributed by atoms with Gasteiger partial charge in [-0.15, -0.1) is 0 Å². The number of guanidine groups is 1. The van der Waals surface area contributed by atoms with Gasteiger partial charge in [0.15, 0.2) is 0 Å². The molecule has 1 saturated heterocycles. The van der Waals surface area contributed by atoms with E-state index < -0.39 is 5.41 Å². The van der Waals surface area contributed by atoms with Gasteiger partial charge in [-0.3, -0.25) is 9.69 Å². The standard InChI is InChI=1S/C24H25FN4O3/c1-24(2,17-9-10-18(19(25)13-17)16-7-5-4-6-8-16)20-14-21(32-28-20)27-23-26-15-22(30)29(23)11-12-31-3/h4-10,13-14H,11-12,15H2,1-3H3,(H,26,27). The molecule has 0 aliphatic carbocycles. The number of hydrogen-bond donors (Lipinski definition) is 1. The van der Waals surface area contributed by atoms with Gasteiger partial charge in [0.2, 0.25) is 11.9 Å². The summed E-state index contributed by atoms with van der Waals surface area (Å²) in [6.07, 6.45) is 0. The predicted octanol–water partition coefficient (Wildman–Crippen LogP) is 3.87. The molecule has 2 aromatic carbocycles. The number of benzene rings is 2. The Labute approximate surface area is 185 Å². The third-order valence-electron chi connectivity index (χ3n) is 5.60. The van der Waals surface area contributed by atoms with Gasteiger partial charge in [-0.1, -0.05) is 61.5 Å². The lowest BCUT2D eigenvalue weighted by Crippen LogP contribution is -2.35. The molecule has 0 unspecified atom stereocenters. The van der Waals surface area contributed by atoms with Crippen molar-refractivity contribution >= 4 is 17.8 Å². The summed E-state index contributed by atoms with van der Waals surface area (Å²) in [7, 11) is 1.57. The average molecular weight is 436 g/mol. The minimum absolute atomic E-state index is 0.0881.